The summed E-state index contributed by atoms with van der Waals surface area (Å²) < 4.78 is 22.9. The van der Waals surface area contributed by atoms with Crippen LogP contribution in [0.15, 0.2) is 24.3 Å². The van der Waals surface area contributed by atoms with Crippen LogP contribution in [0.3, 0.4) is 0 Å². The molecule has 0 saturated heterocycles. The maximum atomic E-state index is 11.4. The van der Waals surface area contributed by atoms with Gasteiger partial charge < -0.3 is 5.73 Å². The van der Waals surface area contributed by atoms with E-state index in [0.29, 0.717) is 12.8 Å². The Balaban J connectivity index is 2.58. The van der Waals surface area contributed by atoms with E-state index in [4.69, 9.17) is 5.73 Å². The van der Waals surface area contributed by atoms with Crippen molar-refractivity contribution in [1.29, 1.82) is 0 Å². The normalized spacial score (nSPS) is 14.2. The summed E-state index contributed by atoms with van der Waals surface area (Å²) in [5.74, 6) is 0.444. The standard InChI is InChI=1S/C16H27NO2S/c1-5-20(18,19)12-6-7-15(17)13-8-10-14(11-9-13)16(2,3)4/h8-11,15H,5-7,12,17H2,1-4H3. The SMILES string of the molecule is CCS(=O)(=O)CCCC(N)c1ccc(C(C)(C)C)cc1. The second-order valence-corrected chi connectivity index (χ2v) is 8.83. The summed E-state index contributed by atoms with van der Waals surface area (Å²) in [6.07, 6.45) is 1.33. The first-order chi connectivity index (χ1) is 9.15. The lowest BCUT2D eigenvalue weighted by Gasteiger charge is -2.20. The smallest absolute Gasteiger partial charge is 0.150 e. The number of nitrogens with two attached hydrogens (primary N) is 1. The molecular weight excluding hydrogens is 270 g/mol. The second kappa shape index (κ2) is 6.72. The largest absolute Gasteiger partial charge is 0.324 e. The Morgan fingerprint density at radius 3 is 2.15 bits per heavy atom. The van der Waals surface area contributed by atoms with Gasteiger partial charge in [-0.2, -0.15) is 0 Å². The van der Waals surface area contributed by atoms with E-state index in [1.54, 1.807) is 6.92 Å². The lowest BCUT2D eigenvalue weighted by molar-refractivity contribution is 0.580. The third kappa shape index (κ3) is 5.25. The van der Waals surface area contributed by atoms with Crippen molar-refractivity contribution in [3.05, 3.63) is 35.4 Å². The van der Waals surface area contributed by atoms with Gasteiger partial charge in [0, 0.05) is 11.8 Å². The highest BCUT2D eigenvalue weighted by Crippen LogP contribution is 2.24. The van der Waals surface area contributed by atoms with E-state index in [1.165, 1.54) is 5.56 Å². The van der Waals surface area contributed by atoms with Gasteiger partial charge in [0.05, 0.1) is 5.75 Å². The molecule has 1 atom stereocenters. The molecule has 0 amide bonds. The molecule has 0 aliphatic heterocycles. The van der Waals surface area contributed by atoms with Gasteiger partial charge in [-0.3, -0.25) is 0 Å². The molecule has 2 N–H and O–H groups in total. The highest BCUT2D eigenvalue weighted by atomic mass is 32.2. The van der Waals surface area contributed by atoms with Crippen molar-refractivity contribution in [3.63, 3.8) is 0 Å². The van der Waals surface area contributed by atoms with E-state index < -0.39 is 9.84 Å². The van der Waals surface area contributed by atoms with Crippen LogP contribution < -0.4 is 5.73 Å². The van der Waals surface area contributed by atoms with E-state index >= 15 is 0 Å². The van der Waals surface area contributed by atoms with Crippen LogP contribution >= 0.6 is 0 Å². The van der Waals surface area contributed by atoms with Gasteiger partial charge in [0.2, 0.25) is 0 Å². The zero-order valence-electron chi connectivity index (χ0n) is 13.0. The second-order valence-electron chi connectivity index (χ2n) is 6.36. The first-order valence-electron chi connectivity index (χ1n) is 7.22. The topological polar surface area (TPSA) is 60.2 Å². The Kier molecular flexibility index (Phi) is 5.78. The molecule has 0 radical (unpaired) electrons. The Labute approximate surface area is 123 Å². The maximum Gasteiger partial charge on any atom is 0.150 e. The van der Waals surface area contributed by atoms with Crippen LogP contribution in [0.1, 0.15) is 57.7 Å². The van der Waals surface area contributed by atoms with Crippen LogP contribution in [0.2, 0.25) is 0 Å². The van der Waals surface area contributed by atoms with Gasteiger partial charge in [-0.25, -0.2) is 8.42 Å². The molecule has 3 nitrogen and oxygen atoms in total. The molecule has 0 heterocycles. The molecule has 0 aliphatic rings. The van der Waals surface area contributed by atoms with Gasteiger partial charge in [-0.05, 0) is 29.4 Å². The summed E-state index contributed by atoms with van der Waals surface area (Å²) in [5, 5.41) is 0. The van der Waals surface area contributed by atoms with Gasteiger partial charge in [0.25, 0.3) is 0 Å². The van der Waals surface area contributed by atoms with Crippen LogP contribution in [0.4, 0.5) is 0 Å². The molecular formula is C16H27NO2S. The molecule has 20 heavy (non-hydrogen) atoms. The molecule has 0 aromatic heterocycles. The van der Waals surface area contributed by atoms with E-state index in [9.17, 15) is 8.42 Å². The first-order valence-corrected chi connectivity index (χ1v) is 9.04. The number of benzene rings is 1. The highest BCUT2D eigenvalue weighted by molar-refractivity contribution is 7.91. The molecule has 0 saturated carbocycles. The summed E-state index contributed by atoms with van der Waals surface area (Å²) in [7, 11) is -2.88. The predicted molar refractivity (Wildman–Crippen MR) is 85.6 cm³/mol. The molecule has 0 aliphatic carbocycles. The average Bonchev–Trinajstić information content (AvgIpc) is 2.37. The van der Waals surface area contributed by atoms with Crippen LogP contribution in [-0.4, -0.2) is 19.9 Å². The fourth-order valence-corrected chi connectivity index (χ4v) is 2.96. The number of hydrogen-bond acceptors (Lipinski definition) is 3. The van der Waals surface area contributed by atoms with Crippen LogP contribution in [-0.2, 0) is 15.3 Å². The Morgan fingerprint density at radius 1 is 1.15 bits per heavy atom. The van der Waals surface area contributed by atoms with Crippen LogP contribution in [0.5, 0.6) is 0 Å². The van der Waals surface area contributed by atoms with Crippen LogP contribution in [0.25, 0.3) is 0 Å². The van der Waals surface area contributed by atoms with Crippen LogP contribution in [0, 0.1) is 0 Å². The third-order valence-corrected chi connectivity index (χ3v) is 5.41. The molecule has 4 heteroatoms. The van der Waals surface area contributed by atoms with Crippen molar-refractivity contribution in [3.8, 4) is 0 Å². The Bertz CT molecular complexity index is 512. The minimum absolute atomic E-state index is 0.0870. The molecule has 114 valence electrons. The molecule has 1 rings (SSSR count). The van der Waals surface area contributed by atoms with E-state index in [2.05, 4.69) is 45.0 Å². The monoisotopic (exact) mass is 297 g/mol. The quantitative estimate of drug-likeness (QED) is 0.877. The lowest BCUT2D eigenvalue weighted by Crippen LogP contribution is -2.15. The molecule has 1 unspecified atom stereocenters. The molecule has 0 spiro atoms. The summed E-state index contributed by atoms with van der Waals surface area (Å²) in [5.41, 5.74) is 8.62. The van der Waals surface area contributed by atoms with Gasteiger partial charge >= 0.3 is 0 Å². The zero-order valence-corrected chi connectivity index (χ0v) is 13.8. The maximum absolute atomic E-state index is 11.4. The van der Waals surface area contributed by atoms with Crippen molar-refractivity contribution in [2.24, 2.45) is 5.73 Å². The van der Waals surface area contributed by atoms with E-state index in [-0.39, 0.29) is 23.0 Å². The summed E-state index contributed by atoms with van der Waals surface area (Å²) >= 11 is 0. The van der Waals surface area contributed by atoms with Crippen molar-refractivity contribution >= 4 is 9.84 Å². The summed E-state index contributed by atoms with van der Waals surface area (Å²) in [6, 6.07) is 8.24. The van der Waals surface area contributed by atoms with E-state index in [0.717, 1.165) is 5.56 Å². The zero-order chi connectivity index (χ0) is 15.4. The van der Waals surface area contributed by atoms with Gasteiger partial charge in [-0.15, -0.1) is 0 Å². The molecule has 0 fully saturated rings. The van der Waals surface area contributed by atoms with Gasteiger partial charge in [0.1, 0.15) is 9.84 Å². The van der Waals surface area contributed by atoms with Gasteiger partial charge in [0.15, 0.2) is 0 Å². The lowest BCUT2D eigenvalue weighted by atomic mass is 9.86. The molecule has 1 aromatic carbocycles. The summed E-state index contributed by atoms with van der Waals surface area (Å²) in [4.78, 5) is 0. The fraction of sp³-hybridized carbons (Fsp3) is 0.625. The first kappa shape index (κ1) is 17.2. The average molecular weight is 297 g/mol. The Hall–Kier alpha value is -0.870. The number of rotatable bonds is 6. The molecule has 1 aromatic rings. The number of hydrogen-bond donors (Lipinski definition) is 1. The predicted octanol–water partition coefficient (Wildman–Crippen LogP) is 3.20. The highest BCUT2D eigenvalue weighted by Gasteiger charge is 2.14. The summed E-state index contributed by atoms with van der Waals surface area (Å²) in [6.45, 7) is 8.22. The minimum atomic E-state index is -2.88. The minimum Gasteiger partial charge on any atom is -0.324 e. The van der Waals surface area contributed by atoms with E-state index in [1.807, 2.05) is 0 Å². The fourth-order valence-electron chi connectivity index (χ4n) is 2.06. The van der Waals surface area contributed by atoms with Crippen molar-refractivity contribution in [1.82, 2.24) is 0 Å². The van der Waals surface area contributed by atoms with Crippen molar-refractivity contribution in [2.75, 3.05) is 11.5 Å². The Morgan fingerprint density at radius 2 is 1.70 bits per heavy atom. The number of sulfone groups is 1. The van der Waals surface area contributed by atoms with Gasteiger partial charge in [-0.1, -0.05) is 52.0 Å². The molecule has 0 bridgehead atoms. The van der Waals surface area contributed by atoms with Crippen molar-refractivity contribution in [2.45, 2.75) is 52.0 Å². The third-order valence-electron chi connectivity index (χ3n) is 3.62. The van der Waals surface area contributed by atoms with Crippen molar-refractivity contribution < 1.29 is 8.42 Å².